The van der Waals surface area contributed by atoms with Crippen molar-refractivity contribution >= 4 is 5.69 Å². The molecule has 0 bridgehead atoms. The number of anilines is 1. The number of ether oxygens (including phenoxy) is 1. The Hall–Kier alpha value is -1.82. The minimum Gasteiger partial charge on any atom is -0.390 e. The van der Waals surface area contributed by atoms with E-state index in [-0.39, 0.29) is 17.8 Å². The predicted octanol–water partition coefficient (Wildman–Crippen LogP) is 1.71. The molecule has 0 aliphatic carbocycles. The van der Waals surface area contributed by atoms with Crippen molar-refractivity contribution in [3.8, 4) is 6.07 Å². The lowest BCUT2D eigenvalue weighted by atomic mass is 10.1. The van der Waals surface area contributed by atoms with Crippen LogP contribution in [0.4, 0.5) is 18.9 Å². The van der Waals surface area contributed by atoms with Gasteiger partial charge in [-0.05, 0) is 18.2 Å². The lowest BCUT2D eigenvalue weighted by Gasteiger charge is -2.31. The zero-order valence-electron chi connectivity index (χ0n) is 13.4. The molecule has 132 valence electrons. The zero-order chi connectivity index (χ0) is 17.7. The number of aliphatic hydroxyl groups excluding tert-OH is 1. The quantitative estimate of drug-likeness (QED) is 0.882. The van der Waals surface area contributed by atoms with E-state index in [9.17, 15) is 18.3 Å². The molecule has 1 N–H and O–H groups in total. The Morgan fingerprint density at radius 2 is 2.04 bits per heavy atom. The zero-order valence-corrected chi connectivity index (χ0v) is 13.4. The normalized spacial score (nSPS) is 17.3. The van der Waals surface area contributed by atoms with Crippen molar-refractivity contribution in [1.29, 1.82) is 5.26 Å². The monoisotopic (exact) mass is 343 g/mol. The molecule has 0 saturated carbocycles. The van der Waals surface area contributed by atoms with Gasteiger partial charge in [0.25, 0.3) is 0 Å². The van der Waals surface area contributed by atoms with E-state index in [0.717, 1.165) is 12.1 Å². The van der Waals surface area contributed by atoms with E-state index in [1.54, 1.807) is 0 Å². The number of morpholine rings is 1. The lowest BCUT2D eigenvalue weighted by Crippen LogP contribution is -2.44. The number of hydrogen-bond donors (Lipinski definition) is 1. The summed E-state index contributed by atoms with van der Waals surface area (Å²) in [6, 6.07) is 5.08. The van der Waals surface area contributed by atoms with E-state index in [4.69, 9.17) is 10.00 Å². The van der Waals surface area contributed by atoms with Crippen LogP contribution in [0.2, 0.25) is 0 Å². The first-order valence-electron chi connectivity index (χ1n) is 7.62. The van der Waals surface area contributed by atoms with Crippen LogP contribution in [0.25, 0.3) is 0 Å². The topological polar surface area (TPSA) is 59.7 Å². The molecule has 5 nitrogen and oxygen atoms in total. The van der Waals surface area contributed by atoms with E-state index in [2.05, 4.69) is 0 Å². The van der Waals surface area contributed by atoms with Crippen LogP contribution in [0.5, 0.6) is 0 Å². The molecule has 0 unspecified atom stereocenters. The van der Waals surface area contributed by atoms with Crippen molar-refractivity contribution in [2.45, 2.75) is 12.3 Å². The summed E-state index contributed by atoms with van der Waals surface area (Å²) < 4.78 is 44.7. The highest BCUT2D eigenvalue weighted by molar-refractivity contribution is 5.58. The standard InChI is InChI=1S/C16H20F3N3O2/c1-21(10-13(23)11-22-4-6-24-7-5-22)15-8-12(9-20)2-3-14(15)16(17,18)19/h2-3,8,13,23H,4-7,10-11H2,1H3/t13-/m0/s1. The fourth-order valence-corrected chi connectivity index (χ4v) is 2.71. The van der Waals surface area contributed by atoms with E-state index >= 15 is 0 Å². The van der Waals surface area contributed by atoms with Crippen molar-refractivity contribution < 1.29 is 23.0 Å². The first-order valence-corrected chi connectivity index (χ1v) is 7.62. The molecule has 1 fully saturated rings. The largest absolute Gasteiger partial charge is 0.418 e. The molecule has 1 saturated heterocycles. The Morgan fingerprint density at radius 3 is 2.62 bits per heavy atom. The molecule has 0 radical (unpaired) electrons. The van der Waals surface area contributed by atoms with Crippen LogP contribution in [0, 0.1) is 11.3 Å². The van der Waals surface area contributed by atoms with Crippen LogP contribution in [0.1, 0.15) is 11.1 Å². The molecule has 8 heteroatoms. The second-order valence-electron chi connectivity index (χ2n) is 5.79. The molecule has 1 aromatic rings. The maximum Gasteiger partial charge on any atom is 0.418 e. The minimum atomic E-state index is -4.52. The smallest absolute Gasteiger partial charge is 0.390 e. The third kappa shape index (κ3) is 4.84. The van der Waals surface area contributed by atoms with Crippen LogP contribution in [-0.4, -0.2) is 62.6 Å². The molecule has 1 aromatic carbocycles. The van der Waals surface area contributed by atoms with Gasteiger partial charge >= 0.3 is 6.18 Å². The minimum absolute atomic E-state index is 0.0370. The van der Waals surface area contributed by atoms with Gasteiger partial charge in [0.2, 0.25) is 0 Å². The average molecular weight is 343 g/mol. The van der Waals surface area contributed by atoms with Gasteiger partial charge in [0, 0.05) is 33.2 Å². The summed E-state index contributed by atoms with van der Waals surface area (Å²) in [5, 5.41) is 19.1. The van der Waals surface area contributed by atoms with Gasteiger partial charge in [-0.25, -0.2) is 0 Å². The molecule has 0 amide bonds. The summed E-state index contributed by atoms with van der Waals surface area (Å²) in [7, 11) is 1.48. The third-order valence-corrected chi connectivity index (χ3v) is 3.90. The fourth-order valence-electron chi connectivity index (χ4n) is 2.71. The summed E-state index contributed by atoms with van der Waals surface area (Å²) in [5.41, 5.74) is -0.780. The first-order chi connectivity index (χ1) is 11.3. The molecule has 1 heterocycles. The summed E-state index contributed by atoms with van der Waals surface area (Å²) in [6.07, 6.45) is -5.33. The Balaban J connectivity index is 2.10. The van der Waals surface area contributed by atoms with Crippen molar-refractivity contribution in [3.05, 3.63) is 29.3 Å². The molecule has 2 rings (SSSR count). The van der Waals surface area contributed by atoms with Crippen molar-refractivity contribution in [1.82, 2.24) is 4.90 Å². The summed E-state index contributed by atoms with van der Waals surface area (Å²) in [6.45, 7) is 2.97. The number of β-amino-alcohol motifs (C(OH)–C–C–N with tert-alkyl or cyclic N) is 1. The van der Waals surface area contributed by atoms with Gasteiger partial charge in [0.1, 0.15) is 0 Å². The summed E-state index contributed by atoms with van der Waals surface area (Å²) >= 11 is 0. The number of likely N-dealkylation sites (N-methyl/N-ethyl adjacent to an activating group) is 1. The number of alkyl halides is 3. The number of benzene rings is 1. The molecule has 1 aliphatic rings. The van der Waals surface area contributed by atoms with Crippen LogP contribution in [-0.2, 0) is 10.9 Å². The van der Waals surface area contributed by atoms with Gasteiger partial charge in [0.15, 0.2) is 0 Å². The van der Waals surface area contributed by atoms with Gasteiger partial charge in [0.05, 0.1) is 42.2 Å². The second-order valence-corrected chi connectivity index (χ2v) is 5.79. The van der Waals surface area contributed by atoms with E-state index in [0.29, 0.717) is 32.8 Å². The Labute approximate surface area is 138 Å². The molecule has 0 aromatic heterocycles. The highest BCUT2D eigenvalue weighted by Crippen LogP contribution is 2.36. The van der Waals surface area contributed by atoms with Crippen LogP contribution >= 0.6 is 0 Å². The van der Waals surface area contributed by atoms with Gasteiger partial charge in [-0.1, -0.05) is 0 Å². The summed E-state index contributed by atoms with van der Waals surface area (Å²) in [4.78, 5) is 3.35. The van der Waals surface area contributed by atoms with Crippen molar-refractivity contribution in [3.63, 3.8) is 0 Å². The molecular formula is C16H20F3N3O2. The van der Waals surface area contributed by atoms with Crippen LogP contribution in [0.15, 0.2) is 18.2 Å². The van der Waals surface area contributed by atoms with Crippen molar-refractivity contribution in [2.75, 3.05) is 51.3 Å². The van der Waals surface area contributed by atoms with Gasteiger partial charge in [-0.15, -0.1) is 0 Å². The third-order valence-electron chi connectivity index (χ3n) is 3.90. The van der Waals surface area contributed by atoms with Gasteiger partial charge < -0.3 is 14.7 Å². The molecule has 24 heavy (non-hydrogen) atoms. The Bertz CT molecular complexity index is 595. The molecule has 0 spiro atoms. The number of aliphatic hydroxyl groups is 1. The van der Waals surface area contributed by atoms with E-state index in [1.807, 2.05) is 11.0 Å². The van der Waals surface area contributed by atoms with E-state index in [1.165, 1.54) is 18.0 Å². The lowest BCUT2D eigenvalue weighted by molar-refractivity contribution is -0.137. The number of rotatable bonds is 5. The molecular weight excluding hydrogens is 323 g/mol. The number of hydrogen-bond acceptors (Lipinski definition) is 5. The van der Waals surface area contributed by atoms with Crippen molar-refractivity contribution in [2.24, 2.45) is 0 Å². The van der Waals surface area contributed by atoms with Crippen LogP contribution in [0.3, 0.4) is 0 Å². The number of halogens is 3. The predicted molar refractivity (Wildman–Crippen MR) is 82.7 cm³/mol. The molecule has 1 aliphatic heterocycles. The van der Waals surface area contributed by atoms with Gasteiger partial charge in [-0.2, -0.15) is 18.4 Å². The Morgan fingerprint density at radius 1 is 1.38 bits per heavy atom. The Kier molecular flexibility index (Phi) is 6.04. The first kappa shape index (κ1) is 18.5. The number of nitriles is 1. The summed E-state index contributed by atoms with van der Waals surface area (Å²) in [5.74, 6) is 0. The fraction of sp³-hybridized carbons (Fsp3) is 0.562. The molecule has 1 atom stereocenters. The highest BCUT2D eigenvalue weighted by atomic mass is 19.4. The SMILES string of the molecule is CN(C[C@H](O)CN1CCOCC1)c1cc(C#N)ccc1C(F)(F)F. The second kappa shape index (κ2) is 7.83. The maximum absolute atomic E-state index is 13.2. The maximum atomic E-state index is 13.2. The van der Waals surface area contributed by atoms with Crippen LogP contribution < -0.4 is 4.90 Å². The van der Waals surface area contributed by atoms with Gasteiger partial charge in [-0.3, -0.25) is 4.90 Å². The number of nitrogens with zero attached hydrogens (tertiary/aromatic N) is 3. The average Bonchev–Trinajstić information content (AvgIpc) is 2.54. The van der Waals surface area contributed by atoms with E-state index < -0.39 is 17.8 Å². The highest BCUT2D eigenvalue weighted by Gasteiger charge is 2.34.